The molecule has 0 aromatic carbocycles. The molecular weight excluding hydrogens is 240 g/mol. The Morgan fingerprint density at radius 1 is 1.47 bits per heavy atom. The van der Waals surface area contributed by atoms with Gasteiger partial charge in [0.2, 0.25) is 0 Å². The van der Waals surface area contributed by atoms with Gasteiger partial charge >= 0.3 is 0 Å². The lowest BCUT2D eigenvalue weighted by molar-refractivity contribution is -0.132. The molecule has 3 nitrogen and oxygen atoms in total. The van der Waals surface area contributed by atoms with E-state index < -0.39 is 5.41 Å². The van der Waals surface area contributed by atoms with Gasteiger partial charge in [0.1, 0.15) is 17.7 Å². The molecule has 3 rings (SSSR count). The van der Waals surface area contributed by atoms with E-state index in [1.807, 2.05) is 19.1 Å². The van der Waals surface area contributed by atoms with Gasteiger partial charge in [-0.2, -0.15) is 0 Å². The number of ether oxygens (including phenoxy) is 1. The molecule has 2 aliphatic carbocycles. The highest BCUT2D eigenvalue weighted by atomic mass is 16.6. The molecule has 102 valence electrons. The number of hydrogen-bond donors (Lipinski definition) is 0. The van der Waals surface area contributed by atoms with Gasteiger partial charge < -0.3 is 9.53 Å². The molecule has 0 bridgehead atoms. The van der Waals surface area contributed by atoms with Crippen molar-refractivity contribution < 1.29 is 14.3 Å². The highest BCUT2D eigenvalue weighted by Crippen LogP contribution is 2.57. The minimum absolute atomic E-state index is 0.0145. The molecule has 0 N–H and O–H groups in total. The first kappa shape index (κ1) is 12.8. The van der Waals surface area contributed by atoms with Gasteiger partial charge in [-0.05, 0) is 19.8 Å². The first-order chi connectivity index (χ1) is 9.03. The smallest absolute Gasteiger partial charge is 0.146 e. The molecular formula is C16H20O3. The summed E-state index contributed by atoms with van der Waals surface area (Å²) in [5, 5.41) is 0. The summed E-state index contributed by atoms with van der Waals surface area (Å²) < 4.78 is 5.80. The number of hydrogen-bond acceptors (Lipinski definition) is 3. The van der Waals surface area contributed by atoms with Crippen LogP contribution in [-0.2, 0) is 14.3 Å². The van der Waals surface area contributed by atoms with Gasteiger partial charge in [-0.1, -0.05) is 31.2 Å². The minimum atomic E-state index is -0.534. The molecule has 1 heterocycles. The van der Waals surface area contributed by atoms with Crippen molar-refractivity contribution in [3.8, 4) is 0 Å². The molecule has 1 unspecified atom stereocenters. The van der Waals surface area contributed by atoms with E-state index in [-0.39, 0.29) is 29.3 Å². The van der Waals surface area contributed by atoms with E-state index in [0.29, 0.717) is 12.8 Å². The molecule has 19 heavy (non-hydrogen) atoms. The minimum Gasteiger partial charge on any atom is -0.361 e. The van der Waals surface area contributed by atoms with Crippen molar-refractivity contribution in [2.75, 3.05) is 0 Å². The molecule has 1 saturated heterocycles. The summed E-state index contributed by atoms with van der Waals surface area (Å²) in [6.45, 7) is 4.04. The SMILES string of the molecule is CC1CC=C[C@@H]2[C@H]3O[C@@]3(C)C=C[C@]2(CCC=O)C1=O. The summed E-state index contributed by atoms with van der Waals surface area (Å²) in [7, 11) is 0. The number of Topliss-reactive ketones (excluding diaryl/α,β-unsaturated/α-hetero) is 1. The third-order valence-corrected chi connectivity index (χ3v) is 4.94. The maximum absolute atomic E-state index is 12.8. The van der Waals surface area contributed by atoms with Gasteiger partial charge in [-0.25, -0.2) is 0 Å². The number of carbonyl (C=O) groups excluding carboxylic acids is 2. The van der Waals surface area contributed by atoms with Crippen LogP contribution in [0.1, 0.15) is 33.1 Å². The maximum atomic E-state index is 12.8. The van der Waals surface area contributed by atoms with E-state index in [2.05, 4.69) is 19.1 Å². The van der Waals surface area contributed by atoms with E-state index in [0.717, 1.165) is 12.7 Å². The molecule has 1 fully saturated rings. The predicted octanol–water partition coefficient (Wildman–Crippen LogP) is 2.46. The average molecular weight is 260 g/mol. The summed E-state index contributed by atoms with van der Waals surface area (Å²) in [4.78, 5) is 23.6. The number of ketones is 1. The molecule has 5 atom stereocenters. The fraction of sp³-hybridized carbons (Fsp3) is 0.625. The third kappa shape index (κ3) is 1.75. The van der Waals surface area contributed by atoms with E-state index in [1.165, 1.54) is 0 Å². The second kappa shape index (κ2) is 4.14. The highest BCUT2D eigenvalue weighted by Gasteiger charge is 2.64. The summed E-state index contributed by atoms with van der Waals surface area (Å²) in [5.74, 6) is 0.360. The Balaban J connectivity index is 2.04. The first-order valence-electron chi connectivity index (χ1n) is 7.06. The zero-order valence-electron chi connectivity index (χ0n) is 11.5. The fourth-order valence-corrected chi connectivity index (χ4v) is 3.68. The van der Waals surface area contributed by atoms with Crippen molar-refractivity contribution in [1.82, 2.24) is 0 Å². The Morgan fingerprint density at radius 3 is 3.00 bits per heavy atom. The van der Waals surface area contributed by atoms with Crippen LogP contribution in [0.15, 0.2) is 24.3 Å². The standard InChI is InChI=1S/C16H20O3/c1-11-5-3-6-12-14-15(2,19-14)8-9-16(12,13(11)18)7-4-10-17/h3,6,8-12,14H,4-5,7H2,1-2H3/t11?,12-,14-,15+,16+/m1/s1. The van der Waals surface area contributed by atoms with Crippen molar-refractivity contribution in [2.24, 2.45) is 17.3 Å². The van der Waals surface area contributed by atoms with Gasteiger partial charge in [0.05, 0.1) is 11.5 Å². The molecule has 0 spiro atoms. The number of rotatable bonds is 3. The predicted molar refractivity (Wildman–Crippen MR) is 71.6 cm³/mol. The molecule has 3 aliphatic rings. The summed E-state index contributed by atoms with van der Waals surface area (Å²) in [6.07, 6.45) is 11.1. The normalized spacial score (nSPS) is 47.3. The number of fused-ring (bicyclic) bond motifs is 3. The second-order valence-electron chi connectivity index (χ2n) is 6.26. The second-order valence-corrected chi connectivity index (χ2v) is 6.26. The molecule has 0 radical (unpaired) electrons. The van der Waals surface area contributed by atoms with Crippen molar-refractivity contribution in [3.05, 3.63) is 24.3 Å². The van der Waals surface area contributed by atoms with Crippen LogP contribution in [0.3, 0.4) is 0 Å². The molecule has 1 aliphatic heterocycles. The topological polar surface area (TPSA) is 46.7 Å². The molecule has 3 heteroatoms. The zero-order chi connectivity index (χ0) is 13.7. The number of epoxide rings is 1. The Kier molecular flexibility index (Phi) is 2.79. The van der Waals surface area contributed by atoms with E-state index >= 15 is 0 Å². The molecule has 0 amide bonds. The largest absolute Gasteiger partial charge is 0.361 e. The lowest BCUT2D eigenvalue weighted by Gasteiger charge is -2.38. The monoisotopic (exact) mass is 260 g/mol. The van der Waals surface area contributed by atoms with Crippen LogP contribution in [0.2, 0.25) is 0 Å². The first-order valence-corrected chi connectivity index (χ1v) is 7.06. The highest BCUT2D eigenvalue weighted by molar-refractivity contribution is 5.90. The molecule has 0 saturated carbocycles. The Morgan fingerprint density at radius 2 is 2.26 bits per heavy atom. The Bertz CT molecular complexity index is 478. The Hall–Kier alpha value is -1.22. The summed E-state index contributed by atoms with van der Waals surface area (Å²) >= 11 is 0. The van der Waals surface area contributed by atoms with Crippen molar-refractivity contribution in [1.29, 1.82) is 0 Å². The third-order valence-electron chi connectivity index (χ3n) is 4.94. The van der Waals surface area contributed by atoms with Crippen LogP contribution >= 0.6 is 0 Å². The summed E-state index contributed by atoms with van der Waals surface area (Å²) in [5.41, 5.74) is -0.735. The van der Waals surface area contributed by atoms with Gasteiger partial charge in [0.25, 0.3) is 0 Å². The average Bonchev–Trinajstić information content (AvgIpc) is 3.09. The van der Waals surface area contributed by atoms with Crippen molar-refractivity contribution >= 4 is 12.1 Å². The van der Waals surface area contributed by atoms with E-state index in [9.17, 15) is 9.59 Å². The number of carbonyl (C=O) groups is 2. The number of aldehydes is 1. The quantitative estimate of drug-likeness (QED) is 0.445. The van der Waals surface area contributed by atoms with E-state index in [1.54, 1.807) is 0 Å². The Labute approximate surface area is 113 Å². The summed E-state index contributed by atoms with van der Waals surface area (Å²) in [6, 6.07) is 0. The van der Waals surface area contributed by atoms with Gasteiger partial charge in [0, 0.05) is 18.3 Å². The van der Waals surface area contributed by atoms with Crippen LogP contribution in [0.5, 0.6) is 0 Å². The van der Waals surface area contributed by atoms with Gasteiger partial charge in [0.15, 0.2) is 0 Å². The van der Waals surface area contributed by atoms with E-state index in [4.69, 9.17) is 4.74 Å². The van der Waals surface area contributed by atoms with Crippen molar-refractivity contribution in [3.63, 3.8) is 0 Å². The zero-order valence-corrected chi connectivity index (χ0v) is 11.5. The van der Waals surface area contributed by atoms with Crippen LogP contribution < -0.4 is 0 Å². The van der Waals surface area contributed by atoms with Gasteiger partial charge in [-0.3, -0.25) is 4.79 Å². The van der Waals surface area contributed by atoms with Gasteiger partial charge in [-0.15, -0.1) is 0 Å². The fourth-order valence-electron chi connectivity index (χ4n) is 3.68. The van der Waals surface area contributed by atoms with Crippen molar-refractivity contribution in [2.45, 2.75) is 44.8 Å². The lowest BCUT2D eigenvalue weighted by Crippen LogP contribution is -2.44. The molecule has 0 aromatic rings. The molecule has 0 aromatic heterocycles. The van der Waals surface area contributed by atoms with Crippen LogP contribution in [0, 0.1) is 17.3 Å². The van der Waals surface area contributed by atoms with Crippen LogP contribution in [0.25, 0.3) is 0 Å². The van der Waals surface area contributed by atoms with Crippen LogP contribution in [0.4, 0.5) is 0 Å². The maximum Gasteiger partial charge on any atom is 0.146 e. The number of allylic oxidation sites excluding steroid dienone is 2. The lowest BCUT2D eigenvalue weighted by atomic mass is 9.62. The van der Waals surface area contributed by atoms with Crippen LogP contribution in [-0.4, -0.2) is 23.8 Å².